The lowest BCUT2D eigenvalue weighted by atomic mass is 9.92. The van der Waals surface area contributed by atoms with Crippen molar-refractivity contribution in [3.05, 3.63) is 47.9 Å². The predicted octanol–water partition coefficient (Wildman–Crippen LogP) is 1.90. The first-order chi connectivity index (χ1) is 13.3. The normalized spacial score (nSPS) is 18.3. The van der Waals surface area contributed by atoms with Crippen LogP contribution in [0.3, 0.4) is 0 Å². The molecule has 9 heteroatoms. The van der Waals surface area contributed by atoms with Gasteiger partial charge in [0, 0.05) is 45.1 Å². The third kappa shape index (κ3) is 4.37. The molecule has 2 heterocycles. The number of nitrogens with zero attached hydrogens (tertiary/aromatic N) is 4. The fraction of sp³-hybridized carbons (Fsp3) is 0.421. The summed E-state index contributed by atoms with van der Waals surface area (Å²) in [6, 6.07) is 6.53. The molecule has 1 atom stereocenters. The van der Waals surface area contributed by atoms with Crippen LogP contribution in [-0.4, -0.2) is 65.3 Å². The first kappa shape index (κ1) is 20.4. The van der Waals surface area contributed by atoms with Crippen LogP contribution in [0.4, 0.5) is 0 Å². The third-order valence-corrected chi connectivity index (χ3v) is 6.84. The molecule has 8 nitrogen and oxygen atoms in total. The van der Waals surface area contributed by atoms with Crippen LogP contribution in [0.2, 0.25) is 0 Å². The number of aromatic carboxylic acids is 1. The van der Waals surface area contributed by atoms with E-state index in [1.165, 1.54) is 8.61 Å². The molecule has 0 amide bonds. The number of piperidine rings is 1. The molecule has 1 aliphatic heterocycles. The molecule has 0 bridgehead atoms. The number of carboxylic acid groups (broad SMARTS) is 1. The molecule has 1 aliphatic rings. The van der Waals surface area contributed by atoms with Crippen LogP contribution in [0.15, 0.2) is 36.7 Å². The fourth-order valence-corrected chi connectivity index (χ4v) is 4.66. The summed E-state index contributed by atoms with van der Waals surface area (Å²) < 4.78 is 27.6. The van der Waals surface area contributed by atoms with E-state index in [1.807, 2.05) is 0 Å². The van der Waals surface area contributed by atoms with Crippen molar-refractivity contribution in [2.75, 3.05) is 27.2 Å². The lowest BCUT2D eigenvalue weighted by Gasteiger charge is -2.33. The molecule has 0 spiro atoms. The second kappa shape index (κ2) is 8.34. The number of hydrogen-bond acceptors (Lipinski definition) is 5. The SMILES string of the molecule is CN(C)S(=O)(=O)N1CCCC(Cc2nccnc2-c2ccc(C(=O)O)cc2)C1. The van der Waals surface area contributed by atoms with E-state index in [-0.39, 0.29) is 11.5 Å². The van der Waals surface area contributed by atoms with Gasteiger partial charge in [0.05, 0.1) is 17.0 Å². The Morgan fingerprint density at radius 3 is 2.54 bits per heavy atom. The Morgan fingerprint density at radius 1 is 1.21 bits per heavy atom. The molecule has 3 rings (SSSR count). The van der Waals surface area contributed by atoms with E-state index >= 15 is 0 Å². The zero-order valence-electron chi connectivity index (χ0n) is 15.9. The van der Waals surface area contributed by atoms with Crippen LogP contribution in [0.1, 0.15) is 28.9 Å². The topological polar surface area (TPSA) is 104 Å². The van der Waals surface area contributed by atoms with Crippen LogP contribution >= 0.6 is 0 Å². The lowest BCUT2D eigenvalue weighted by molar-refractivity contribution is 0.0697. The van der Waals surface area contributed by atoms with Crippen LogP contribution in [0, 0.1) is 5.92 Å². The molecule has 0 saturated carbocycles. The van der Waals surface area contributed by atoms with Gasteiger partial charge < -0.3 is 5.11 Å². The number of rotatable bonds is 6. The zero-order chi connectivity index (χ0) is 20.3. The van der Waals surface area contributed by atoms with Crippen molar-refractivity contribution in [1.82, 2.24) is 18.6 Å². The Hall–Kier alpha value is -2.36. The highest BCUT2D eigenvalue weighted by Gasteiger charge is 2.31. The summed E-state index contributed by atoms with van der Waals surface area (Å²) in [6.07, 6.45) is 5.58. The van der Waals surface area contributed by atoms with Crippen LogP contribution in [-0.2, 0) is 16.6 Å². The van der Waals surface area contributed by atoms with E-state index in [9.17, 15) is 13.2 Å². The maximum Gasteiger partial charge on any atom is 0.335 e. The first-order valence-corrected chi connectivity index (χ1v) is 10.5. The highest BCUT2D eigenvalue weighted by atomic mass is 32.2. The zero-order valence-corrected chi connectivity index (χ0v) is 16.8. The van der Waals surface area contributed by atoms with Gasteiger partial charge in [-0.05, 0) is 37.3 Å². The molecule has 1 unspecified atom stereocenters. The standard InChI is InChI=1S/C19H24N4O4S/c1-22(2)28(26,27)23-11-3-4-14(13-23)12-17-18(21-10-9-20-17)15-5-7-16(8-6-15)19(24)25/h5-10,14H,3-4,11-13H2,1-2H3,(H,24,25). The molecule has 1 saturated heterocycles. The van der Waals surface area contributed by atoms with Crippen molar-refractivity contribution >= 4 is 16.2 Å². The Morgan fingerprint density at radius 2 is 1.89 bits per heavy atom. The molecule has 0 radical (unpaired) electrons. The minimum Gasteiger partial charge on any atom is -0.478 e. The van der Waals surface area contributed by atoms with Crippen LogP contribution in [0.25, 0.3) is 11.3 Å². The molecule has 1 aromatic heterocycles. The molecule has 0 aliphatic carbocycles. The smallest absolute Gasteiger partial charge is 0.335 e. The highest BCUT2D eigenvalue weighted by molar-refractivity contribution is 7.86. The van der Waals surface area contributed by atoms with Gasteiger partial charge in [0.2, 0.25) is 0 Å². The maximum absolute atomic E-state index is 12.4. The average molecular weight is 404 g/mol. The van der Waals surface area contributed by atoms with Crippen molar-refractivity contribution < 1.29 is 18.3 Å². The van der Waals surface area contributed by atoms with Gasteiger partial charge in [0.1, 0.15) is 0 Å². The van der Waals surface area contributed by atoms with Crippen molar-refractivity contribution in [3.63, 3.8) is 0 Å². The second-order valence-corrected chi connectivity index (χ2v) is 9.24. The van der Waals surface area contributed by atoms with Gasteiger partial charge in [0.15, 0.2) is 0 Å². The summed E-state index contributed by atoms with van der Waals surface area (Å²) in [4.78, 5) is 20.0. The minimum atomic E-state index is -3.43. The molecule has 1 N–H and O–H groups in total. The monoisotopic (exact) mass is 404 g/mol. The summed E-state index contributed by atoms with van der Waals surface area (Å²) in [7, 11) is -0.341. The van der Waals surface area contributed by atoms with Gasteiger partial charge >= 0.3 is 5.97 Å². The molecule has 2 aromatic rings. The number of aromatic nitrogens is 2. The van der Waals surface area contributed by atoms with Crippen molar-refractivity contribution in [2.24, 2.45) is 5.92 Å². The highest BCUT2D eigenvalue weighted by Crippen LogP contribution is 2.27. The first-order valence-electron chi connectivity index (χ1n) is 9.10. The van der Waals surface area contributed by atoms with Crippen molar-refractivity contribution in [3.8, 4) is 11.3 Å². The Labute approximate surface area is 165 Å². The summed E-state index contributed by atoms with van der Waals surface area (Å²) in [5, 5.41) is 9.06. The Kier molecular flexibility index (Phi) is 6.07. The quantitative estimate of drug-likeness (QED) is 0.789. The van der Waals surface area contributed by atoms with Crippen LogP contribution in [0.5, 0.6) is 0 Å². The van der Waals surface area contributed by atoms with E-state index in [0.717, 1.165) is 24.1 Å². The van der Waals surface area contributed by atoms with Gasteiger partial charge in [-0.1, -0.05) is 12.1 Å². The summed E-state index contributed by atoms with van der Waals surface area (Å²) in [5.41, 5.74) is 2.50. The predicted molar refractivity (Wildman–Crippen MR) is 105 cm³/mol. The summed E-state index contributed by atoms with van der Waals surface area (Å²) in [5.74, 6) is -0.826. The van der Waals surface area contributed by atoms with Gasteiger partial charge in [-0.25, -0.2) is 4.79 Å². The molecule has 150 valence electrons. The molecular formula is C19H24N4O4S. The van der Waals surface area contributed by atoms with Crippen LogP contribution < -0.4 is 0 Å². The lowest BCUT2D eigenvalue weighted by Crippen LogP contribution is -2.45. The molecule has 1 aromatic carbocycles. The number of hydrogen-bond donors (Lipinski definition) is 1. The molecule has 28 heavy (non-hydrogen) atoms. The number of carbonyl (C=O) groups is 1. The summed E-state index contributed by atoms with van der Waals surface area (Å²) in [6.45, 7) is 0.982. The molecule has 1 fully saturated rings. The second-order valence-electron chi connectivity index (χ2n) is 7.09. The van der Waals surface area contributed by atoms with Crippen molar-refractivity contribution in [1.29, 1.82) is 0 Å². The molecular weight excluding hydrogens is 380 g/mol. The number of benzene rings is 1. The van der Waals surface area contributed by atoms with E-state index in [2.05, 4.69) is 9.97 Å². The van der Waals surface area contributed by atoms with E-state index < -0.39 is 16.2 Å². The Balaban J connectivity index is 1.81. The van der Waals surface area contributed by atoms with E-state index in [1.54, 1.807) is 50.8 Å². The van der Waals surface area contributed by atoms with Gasteiger partial charge in [-0.3, -0.25) is 9.97 Å². The van der Waals surface area contributed by atoms with Gasteiger partial charge in [-0.15, -0.1) is 0 Å². The largest absolute Gasteiger partial charge is 0.478 e. The minimum absolute atomic E-state index is 0.150. The fourth-order valence-electron chi connectivity index (χ4n) is 3.44. The third-order valence-electron chi connectivity index (χ3n) is 4.93. The average Bonchev–Trinajstić information content (AvgIpc) is 2.68. The Bertz CT molecular complexity index is 945. The maximum atomic E-state index is 12.4. The van der Waals surface area contributed by atoms with E-state index in [4.69, 9.17) is 5.11 Å². The summed E-state index contributed by atoms with van der Waals surface area (Å²) >= 11 is 0. The number of carboxylic acids is 1. The van der Waals surface area contributed by atoms with Gasteiger partial charge in [-0.2, -0.15) is 17.0 Å². The van der Waals surface area contributed by atoms with Crippen molar-refractivity contribution in [2.45, 2.75) is 19.3 Å². The van der Waals surface area contributed by atoms with Gasteiger partial charge in [0.25, 0.3) is 10.2 Å². The van der Waals surface area contributed by atoms with E-state index in [0.29, 0.717) is 25.2 Å².